The van der Waals surface area contributed by atoms with E-state index in [1.54, 1.807) is 6.07 Å². The number of esters is 2. The van der Waals surface area contributed by atoms with Gasteiger partial charge in [0.15, 0.2) is 5.75 Å². The van der Waals surface area contributed by atoms with Crippen molar-refractivity contribution >= 4 is 23.5 Å². The van der Waals surface area contributed by atoms with Gasteiger partial charge in [0, 0.05) is 18.1 Å². The van der Waals surface area contributed by atoms with Gasteiger partial charge in [0.1, 0.15) is 6.04 Å². The summed E-state index contributed by atoms with van der Waals surface area (Å²) in [6, 6.07) is 8.88. The van der Waals surface area contributed by atoms with E-state index in [9.17, 15) is 24.5 Å². The number of carbonyl (C=O) groups excluding carboxylic acids is 3. The minimum Gasteiger partial charge on any atom is -0.490 e. The number of nitro benzene ring substituents is 1. The molecule has 10 nitrogen and oxygen atoms in total. The predicted octanol–water partition coefficient (Wildman–Crippen LogP) is 1.90. The van der Waals surface area contributed by atoms with E-state index in [0.717, 1.165) is 7.11 Å². The van der Waals surface area contributed by atoms with Crippen molar-refractivity contribution in [1.82, 2.24) is 5.32 Å². The van der Waals surface area contributed by atoms with Crippen LogP contribution in [-0.2, 0) is 20.7 Å². The van der Waals surface area contributed by atoms with Crippen LogP contribution in [0, 0.1) is 10.1 Å². The van der Waals surface area contributed by atoms with Gasteiger partial charge in [-0.3, -0.25) is 14.9 Å². The van der Waals surface area contributed by atoms with E-state index >= 15 is 0 Å². The van der Waals surface area contributed by atoms with E-state index in [1.165, 1.54) is 50.6 Å². The molecule has 1 atom stereocenters. The molecule has 0 aliphatic heterocycles. The van der Waals surface area contributed by atoms with Crippen LogP contribution in [-0.4, -0.2) is 50.1 Å². The normalized spacial score (nSPS) is 11.2. The first-order valence-corrected chi connectivity index (χ1v) is 8.69. The molecule has 2 aromatic rings. The van der Waals surface area contributed by atoms with Crippen molar-refractivity contribution in [2.24, 2.45) is 0 Å². The van der Waals surface area contributed by atoms with Gasteiger partial charge in [0.05, 0.1) is 31.8 Å². The Hall–Kier alpha value is -3.95. The zero-order valence-electron chi connectivity index (χ0n) is 16.5. The summed E-state index contributed by atoms with van der Waals surface area (Å²) in [7, 11) is 3.69. The summed E-state index contributed by atoms with van der Waals surface area (Å²) in [5.41, 5.74) is 0.454. The molecule has 10 heteroatoms. The minimum atomic E-state index is -1.11. The molecule has 1 amide bonds. The summed E-state index contributed by atoms with van der Waals surface area (Å²) in [5, 5.41) is 13.7. The lowest BCUT2D eigenvalue weighted by Crippen LogP contribution is -2.43. The van der Waals surface area contributed by atoms with Crippen LogP contribution in [0.4, 0.5) is 5.69 Å². The molecular formula is C20H20N2O8. The van der Waals surface area contributed by atoms with Crippen LogP contribution in [0.3, 0.4) is 0 Å². The fraction of sp³-hybridized carbons (Fsp3) is 0.250. The van der Waals surface area contributed by atoms with Crippen LogP contribution in [0.25, 0.3) is 0 Å². The van der Waals surface area contributed by atoms with E-state index in [2.05, 4.69) is 10.1 Å². The standard InChI is InChI=1S/C20H20N2O8/c1-28-17-8-7-12(10-16(17)22(26)27)9-15(20(25)30-3)21-18(23)13-5-4-6-14(11-13)19(24)29-2/h4-8,10-11,15H,9H2,1-3H3,(H,21,23)/t15-/m1/s1. The summed E-state index contributed by atoms with van der Waals surface area (Å²) in [6.07, 6.45) is -0.0556. The summed E-state index contributed by atoms with van der Waals surface area (Å²) in [4.78, 5) is 47.0. The van der Waals surface area contributed by atoms with Crippen molar-refractivity contribution < 1.29 is 33.5 Å². The number of nitrogens with one attached hydrogen (secondary N) is 1. The SMILES string of the molecule is COC(=O)c1cccc(C(=O)N[C@H](Cc2ccc(OC)c([N+](=O)[O-])c2)C(=O)OC)c1. The van der Waals surface area contributed by atoms with Crippen molar-refractivity contribution in [3.05, 3.63) is 69.3 Å². The van der Waals surface area contributed by atoms with E-state index in [1.807, 2.05) is 0 Å². The molecule has 0 aliphatic carbocycles. The second kappa shape index (κ2) is 10.0. The fourth-order valence-corrected chi connectivity index (χ4v) is 2.72. The number of nitro groups is 1. The lowest BCUT2D eigenvalue weighted by molar-refractivity contribution is -0.385. The molecule has 0 unspecified atom stereocenters. The van der Waals surface area contributed by atoms with Crippen LogP contribution in [0.1, 0.15) is 26.3 Å². The summed E-state index contributed by atoms with van der Waals surface area (Å²) < 4.78 is 14.3. The maximum Gasteiger partial charge on any atom is 0.337 e. The zero-order chi connectivity index (χ0) is 22.3. The maximum atomic E-state index is 12.6. The van der Waals surface area contributed by atoms with Gasteiger partial charge >= 0.3 is 17.6 Å². The number of amides is 1. The highest BCUT2D eigenvalue weighted by Crippen LogP contribution is 2.28. The number of hydrogen-bond acceptors (Lipinski definition) is 8. The highest BCUT2D eigenvalue weighted by Gasteiger charge is 2.25. The van der Waals surface area contributed by atoms with Gasteiger partial charge < -0.3 is 19.5 Å². The molecule has 0 radical (unpaired) electrons. The topological polar surface area (TPSA) is 134 Å². The second-order valence-corrected chi connectivity index (χ2v) is 6.09. The molecule has 0 saturated carbocycles. The van der Waals surface area contributed by atoms with Gasteiger partial charge in [0.2, 0.25) is 0 Å². The van der Waals surface area contributed by atoms with E-state index in [-0.39, 0.29) is 29.0 Å². The molecule has 30 heavy (non-hydrogen) atoms. The highest BCUT2D eigenvalue weighted by atomic mass is 16.6. The monoisotopic (exact) mass is 416 g/mol. The van der Waals surface area contributed by atoms with Crippen LogP contribution >= 0.6 is 0 Å². The quantitative estimate of drug-likeness (QED) is 0.392. The third-order valence-corrected chi connectivity index (χ3v) is 4.22. The Balaban J connectivity index is 2.26. The fourth-order valence-electron chi connectivity index (χ4n) is 2.72. The molecule has 0 bridgehead atoms. The summed E-state index contributed by atoms with van der Waals surface area (Å²) >= 11 is 0. The number of methoxy groups -OCH3 is 3. The van der Waals surface area contributed by atoms with Gasteiger partial charge in [-0.05, 0) is 29.8 Å². The lowest BCUT2D eigenvalue weighted by Gasteiger charge is -2.17. The Bertz CT molecular complexity index is 973. The Morgan fingerprint density at radius 2 is 1.73 bits per heavy atom. The molecule has 158 valence electrons. The number of rotatable bonds is 8. The van der Waals surface area contributed by atoms with Crippen molar-refractivity contribution in [3.8, 4) is 5.75 Å². The Labute approximate surface area is 171 Å². The first-order chi connectivity index (χ1) is 14.3. The number of carbonyl (C=O) groups is 3. The molecule has 0 fully saturated rings. The first-order valence-electron chi connectivity index (χ1n) is 8.69. The van der Waals surface area contributed by atoms with Crippen LogP contribution in [0.5, 0.6) is 5.75 Å². The van der Waals surface area contributed by atoms with E-state index < -0.39 is 28.8 Å². The Morgan fingerprint density at radius 1 is 1.03 bits per heavy atom. The van der Waals surface area contributed by atoms with E-state index in [4.69, 9.17) is 9.47 Å². The second-order valence-electron chi connectivity index (χ2n) is 6.09. The van der Waals surface area contributed by atoms with Crippen molar-refractivity contribution in [1.29, 1.82) is 0 Å². The Kier molecular flexibility index (Phi) is 7.45. The van der Waals surface area contributed by atoms with Gasteiger partial charge in [0.25, 0.3) is 5.91 Å². The third kappa shape index (κ3) is 5.31. The number of ether oxygens (including phenoxy) is 3. The number of hydrogen-bond donors (Lipinski definition) is 1. The first kappa shape index (κ1) is 22.3. The van der Waals surface area contributed by atoms with Crippen LogP contribution < -0.4 is 10.1 Å². The smallest absolute Gasteiger partial charge is 0.337 e. The van der Waals surface area contributed by atoms with Crippen molar-refractivity contribution in [3.63, 3.8) is 0 Å². The number of nitrogens with zero attached hydrogens (tertiary/aromatic N) is 1. The predicted molar refractivity (Wildman–Crippen MR) is 104 cm³/mol. The van der Waals surface area contributed by atoms with Crippen LogP contribution in [0.15, 0.2) is 42.5 Å². The highest BCUT2D eigenvalue weighted by molar-refractivity contribution is 5.99. The molecule has 2 aromatic carbocycles. The Morgan fingerprint density at radius 3 is 2.33 bits per heavy atom. The minimum absolute atomic E-state index is 0.0556. The third-order valence-electron chi connectivity index (χ3n) is 4.22. The van der Waals surface area contributed by atoms with Crippen molar-refractivity contribution in [2.45, 2.75) is 12.5 Å². The van der Waals surface area contributed by atoms with Crippen LogP contribution in [0.2, 0.25) is 0 Å². The largest absolute Gasteiger partial charge is 0.490 e. The molecule has 1 N–H and O–H groups in total. The summed E-state index contributed by atoms with van der Waals surface area (Å²) in [5.74, 6) is -1.90. The van der Waals surface area contributed by atoms with E-state index in [0.29, 0.717) is 5.56 Å². The molecule has 0 spiro atoms. The molecule has 0 saturated heterocycles. The number of benzene rings is 2. The van der Waals surface area contributed by atoms with Crippen molar-refractivity contribution in [2.75, 3.05) is 21.3 Å². The lowest BCUT2D eigenvalue weighted by atomic mass is 10.0. The molecule has 0 heterocycles. The molecule has 2 rings (SSSR count). The van der Waals surface area contributed by atoms with Gasteiger partial charge in [-0.2, -0.15) is 0 Å². The molecule has 0 aliphatic rings. The van der Waals surface area contributed by atoms with Gasteiger partial charge in [-0.1, -0.05) is 12.1 Å². The average molecular weight is 416 g/mol. The molecule has 0 aromatic heterocycles. The van der Waals surface area contributed by atoms with Gasteiger partial charge in [-0.25, -0.2) is 9.59 Å². The maximum absolute atomic E-state index is 12.6. The summed E-state index contributed by atoms with van der Waals surface area (Å²) in [6.45, 7) is 0. The van der Waals surface area contributed by atoms with Gasteiger partial charge in [-0.15, -0.1) is 0 Å². The average Bonchev–Trinajstić information content (AvgIpc) is 2.77. The zero-order valence-corrected chi connectivity index (χ0v) is 16.5. The molecular weight excluding hydrogens is 396 g/mol.